The smallest absolute Gasteiger partial charge is 0.417 e. The van der Waals surface area contributed by atoms with Crippen LogP contribution in [0.15, 0.2) is 91.0 Å². The zero-order valence-electron chi connectivity index (χ0n) is 17.9. The van der Waals surface area contributed by atoms with Gasteiger partial charge >= 0.3 is 6.09 Å². The van der Waals surface area contributed by atoms with Crippen molar-refractivity contribution in [1.29, 1.82) is 0 Å². The van der Waals surface area contributed by atoms with E-state index < -0.39 is 6.09 Å². The summed E-state index contributed by atoms with van der Waals surface area (Å²) in [7, 11) is 0. The summed E-state index contributed by atoms with van der Waals surface area (Å²) in [6.45, 7) is 1.24. The molecule has 3 aromatic carbocycles. The predicted octanol–water partition coefficient (Wildman–Crippen LogP) is 5.49. The summed E-state index contributed by atoms with van der Waals surface area (Å²) in [6.07, 6.45) is 0.328. The standard InChI is InChI=1S/C27H27NO4/c29-26(28-25(20-32-27(28)30)23-14-8-3-9-15-23)18-24(22-12-6-2-7-13-22)16-17-31-19-21-10-4-1-5-11-21/h1-15,24-25H,16-20H2. The van der Waals surface area contributed by atoms with E-state index in [1.165, 1.54) is 4.90 Å². The van der Waals surface area contributed by atoms with Crippen LogP contribution in [0, 0.1) is 0 Å². The van der Waals surface area contributed by atoms with E-state index >= 15 is 0 Å². The second kappa shape index (κ2) is 10.7. The van der Waals surface area contributed by atoms with E-state index in [9.17, 15) is 9.59 Å². The third-order valence-electron chi connectivity index (χ3n) is 5.74. The van der Waals surface area contributed by atoms with Crippen LogP contribution in [-0.4, -0.2) is 30.1 Å². The molecule has 0 saturated carbocycles. The first-order valence-corrected chi connectivity index (χ1v) is 10.9. The Kier molecular flexibility index (Phi) is 7.31. The number of amides is 2. The topological polar surface area (TPSA) is 55.8 Å². The van der Waals surface area contributed by atoms with Crippen LogP contribution in [0.25, 0.3) is 0 Å². The molecule has 0 N–H and O–H groups in total. The predicted molar refractivity (Wildman–Crippen MR) is 122 cm³/mol. The Morgan fingerprint density at radius 3 is 2.25 bits per heavy atom. The molecular weight excluding hydrogens is 402 g/mol. The average molecular weight is 430 g/mol. The number of nitrogens with zero attached hydrogens (tertiary/aromatic N) is 1. The van der Waals surface area contributed by atoms with Crippen molar-refractivity contribution in [3.8, 4) is 0 Å². The van der Waals surface area contributed by atoms with Gasteiger partial charge in [0.2, 0.25) is 5.91 Å². The zero-order valence-corrected chi connectivity index (χ0v) is 17.9. The van der Waals surface area contributed by atoms with E-state index in [1.807, 2.05) is 91.0 Å². The molecule has 1 saturated heterocycles. The molecule has 1 heterocycles. The van der Waals surface area contributed by atoms with E-state index in [-0.39, 0.29) is 30.9 Å². The van der Waals surface area contributed by atoms with Crippen molar-refractivity contribution in [3.05, 3.63) is 108 Å². The summed E-state index contributed by atoms with van der Waals surface area (Å²) in [6, 6.07) is 29.1. The molecule has 1 aliphatic heterocycles. The van der Waals surface area contributed by atoms with E-state index in [1.54, 1.807) is 0 Å². The van der Waals surface area contributed by atoms with Gasteiger partial charge in [-0.3, -0.25) is 4.79 Å². The highest BCUT2D eigenvalue weighted by Gasteiger charge is 2.39. The van der Waals surface area contributed by atoms with Crippen LogP contribution in [0.5, 0.6) is 0 Å². The molecular formula is C27H27NO4. The quantitative estimate of drug-likeness (QED) is 0.422. The fourth-order valence-electron chi connectivity index (χ4n) is 4.03. The molecule has 5 nitrogen and oxygen atoms in total. The lowest BCUT2D eigenvalue weighted by atomic mass is 9.92. The van der Waals surface area contributed by atoms with Crippen molar-refractivity contribution < 1.29 is 19.1 Å². The molecule has 4 rings (SSSR count). The molecule has 2 amide bonds. The first-order chi connectivity index (χ1) is 15.7. The Bertz CT molecular complexity index is 1010. The van der Waals surface area contributed by atoms with Gasteiger partial charge in [-0.05, 0) is 29.0 Å². The summed E-state index contributed by atoms with van der Waals surface area (Å²) in [5.74, 6) is -0.275. The molecule has 164 valence electrons. The number of carbonyl (C=O) groups excluding carboxylic acids is 2. The lowest BCUT2D eigenvalue weighted by Gasteiger charge is -2.23. The van der Waals surface area contributed by atoms with E-state index in [2.05, 4.69) is 0 Å². The Morgan fingerprint density at radius 1 is 0.938 bits per heavy atom. The van der Waals surface area contributed by atoms with Crippen molar-refractivity contribution in [3.63, 3.8) is 0 Å². The maximum atomic E-state index is 13.3. The number of ether oxygens (including phenoxy) is 2. The van der Waals surface area contributed by atoms with Crippen LogP contribution in [0.4, 0.5) is 4.79 Å². The number of rotatable bonds is 9. The summed E-state index contributed by atoms with van der Waals surface area (Å²) in [5.41, 5.74) is 3.08. The van der Waals surface area contributed by atoms with Gasteiger partial charge in [-0.15, -0.1) is 0 Å². The maximum Gasteiger partial charge on any atom is 0.417 e. The number of hydrogen-bond acceptors (Lipinski definition) is 4. The number of benzene rings is 3. The second-order valence-electron chi connectivity index (χ2n) is 7.91. The lowest BCUT2D eigenvalue weighted by molar-refractivity contribution is -0.129. The minimum absolute atomic E-state index is 0.0516. The molecule has 0 bridgehead atoms. The fourth-order valence-corrected chi connectivity index (χ4v) is 4.03. The van der Waals surface area contributed by atoms with Gasteiger partial charge in [-0.25, -0.2) is 9.69 Å². The second-order valence-corrected chi connectivity index (χ2v) is 7.91. The summed E-state index contributed by atoms with van der Waals surface area (Å²) in [4.78, 5) is 26.9. The first kappa shape index (κ1) is 21.8. The van der Waals surface area contributed by atoms with Gasteiger partial charge in [0.25, 0.3) is 0 Å². The van der Waals surface area contributed by atoms with E-state index in [0.717, 1.165) is 16.7 Å². The molecule has 5 heteroatoms. The van der Waals surface area contributed by atoms with E-state index in [4.69, 9.17) is 9.47 Å². The summed E-state index contributed by atoms with van der Waals surface area (Å²) >= 11 is 0. The normalized spacial score (nSPS) is 16.6. The SMILES string of the molecule is O=C(CC(CCOCc1ccccc1)c1ccccc1)N1C(=O)OCC1c1ccccc1. The maximum absolute atomic E-state index is 13.3. The third kappa shape index (κ3) is 5.42. The van der Waals surface area contributed by atoms with Gasteiger partial charge in [-0.2, -0.15) is 0 Å². The van der Waals surface area contributed by atoms with Gasteiger partial charge in [0.1, 0.15) is 12.6 Å². The van der Waals surface area contributed by atoms with Crippen molar-refractivity contribution in [2.45, 2.75) is 31.4 Å². The summed E-state index contributed by atoms with van der Waals surface area (Å²) in [5, 5.41) is 0. The Morgan fingerprint density at radius 2 is 1.56 bits per heavy atom. The van der Waals surface area contributed by atoms with Crippen molar-refractivity contribution in [1.82, 2.24) is 4.90 Å². The molecule has 2 unspecified atom stereocenters. The molecule has 0 aromatic heterocycles. The fraction of sp³-hybridized carbons (Fsp3) is 0.259. The van der Waals surface area contributed by atoms with Crippen LogP contribution < -0.4 is 0 Å². The highest BCUT2D eigenvalue weighted by atomic mass is 16.6. The number of hydrogen-bond donors (Lipinski definition) is 0. The van der Waals surface area contributed by atoms with Gasteiger partial charge in [0, 0.05) is 13.0 Å². The molecule has 2 atom stereocenters. The highest BCUT2D eigenvalue weighted by Crippen LogP contribution is 2.31. The highest BCUT2D eigenvalue weighted by molar-refractivity contribution is 5.94. The minimum atomic E-state index is -0.573. The summed E-state index contributed by atoms with van der Waals surface area (Å²) < 4.78 is 11.1. The van der Waals surface area contributed by atoms with Gasteiger partial charge in [0.15, 0.2) is 0 Å². The monoisotopic (exact) mass is 429 g/mol. The Hall–Kier alpha value is -3.44. The van der Waals surface area contributed by atoms with Gasteiger partial charge in [-0.1, -0.05) is 91.0 Å². The number of carbonyl (C=O) groups is 2. The third-order valence-corrected chi connectivity index (χ3v) is 5.74. The van der Waals surface area contributed by atoms with Crippen LogP contribution in [0.1, 0.15) is 41.5 Å². The Labute approximate surface area is 188 Å². The molecule has 0 spiro atoms. The molecule has 0 radical (unpaired) electrons. The van der Waals surface area contributed by atoms with Gasteiger partial charge < -0.3 is 9.47 Å². The molecule has 3 aromatic rings. The van der Waals surface area contributed by atoms with Crippen molar-refractivity contribution >= 4 is 12.0 Å². The van der Waals surface area contributed by atoms with Crippen LogP contribution in [-0.2, 0) is 20.9 Å². The van der Waals surface area contributed by atoms with Crippen LogP contribution >= 0.6 is 0 Å². The van der Waals surface area contributed by atoms with Crippen molar-refractivity contribution in [2.75, 3.05) is 13.2 Å². The van der Waals surface area contributed by atoms with E-state index in [0.29, 0.717) is 19.6 Å². The largest absolute Gasteiger partial charge is 0.446 e. The number of cyclic esters (lactones) is 1. The zero-order chi connectivity index (χ0) is 22.2. The lowest BCUT2D eigenvalue weighted by Crippen LogP contribution is -2.35. The molecule has 1 aliphatic rings. The molecule has 1 fully saturated rings. The molecule has 32 heavy (non-hydrogen) atoms. The number of imide groups is 1. The minimum Gasteiger partial charge on any atom is -0.446 e. The van der Waals surface area contributed by atoms with Crippen molar-refractivity contribution in [2.24, 2.45) is 0 Å². The first-order valence-electron chi connectivity index (χ1n) is 10.9. The van der Waals surface area contributed by atoms with Crippen LogP contribution in [0.3, 0.4) is 0 Å². The molecule has 0 aliphatic carbocycles. The van der Waals surface area contributed by atoms with Gasteiger partial charge in [0.05, 0.1) is 6.61 Å². The Balaban J connectivity index is 1.43. The average Bonchev–Trinajstić information content (AvgIpc) is 3.24. The van der Waals surface area contributed by atoms with Crippen LogP contribution in [0.2, 0.25) is 0 Å².